The maximum atomic E-state index is 11.0. The zero-order valence-corrected chi connectivity index (χ0v) is 8.63. The van der Waals surface area contributed by atoms with E-state index in [2.05, 4.69) is 0 Å². The lowest BCUT2D eigenvalue weighted by molar-refractivity contribution is -0.153. The Kier molecular flexibility index (Phi) is 3.23. The van der Waals surface area contributed by atoms with E-state index in [1.54, 1.807) is 0 Å². The fraction of sp³-hybridized carbons (Fsp3) is 0.900. The number of carboxylic acids is 1. The molecule has 0 aromatic heterocycles. The highest BCUT2D eigenvalue weighted by molar-refractivity contribution is 5.73. The summed E-state index contributed by atoms with van der Waals surface area (Å²) in [6, 6.07) is -0.577. The van der Waals surface area contributed by atoms with E-state index in [0.717, 1.165) is 19.3 Å². The van der Waals surface area contributed by atoms with Gasteiger partial charge in [0.05, 0.1) is 19.3 Å². The fourth-order valence-corrected chi connectivity index (χ4v) is 2.53. The lowest BCUT2D eigenvalue weighted by Crippen LogP contribution is -2.56. The molecule has 15 heavy (non-hydrogen) atoms. The molecular formula is C10H17NO4. The van der Waals surface area contributed by atoms with Crippen LogP contribution in [0.25, 0.3) is 0 Å². The summed E-state index contributed by atoms with van der Waals surface area (Å²) < 4.78 is 5.16. The van der Waals surface area contributed by atoms with Gasteiger partial charge >= 0.3 is 5.97 Å². The summed E-state index contributed by atoms with van der Waals surface area (Å²) in [4.78, 5) is 12.9. The first-order valence-corrected chi connectivity index (χ1v) is 5.44. The molecule has 1 aliphatic carbocycles. The van der Waals surface area contributed by atoms with Crippen molar-refractivity contribution in [3.8, 4) is 0 Å². The first-order chi connectivity index (χ1) is 7.20. The fourth-order valence-electron chi connectivity index (χ4n) is 2.53. The number of carbonyl (C=O) groups is 1. The van der Waals surface area contributed by atoms with Crippen molar-refractivity contribution in [2.24, 2.45) is 0 Å². The molecule has 5 nitrogen and oxygen atoms in total. The molecule has 2 N–H and O–H groups in total. The number of nitrogens with zero attached hydrogens (tertiary/aromatic N) is 1. The van der Waals surface area contributed by atoms with E-state index in [-0.39, 0.29) is 18.8 Å². The van der Waals surface area contributed by atoms with Crippen LogP contribution in [0.15, 0.2) is 0 Å². The van der Waals surface area contributed by atoms with E-state index in [4.69, 9.17) is 9.84 Å². The topological polar surface area (TPSA) is 70.0 Å². The number of ether oxygens (including phenoxy) is 1. The van der Waals surface area contributed by atoms with Gasteiger partial charge in [0.1, 0.15) is 6.04 Å². The summed E-state index contributed by atoms with van der Waals surface area (Å²) in [6.45, 7) is 1.41. The van der Waals surface area contributed by atoms with Gasteiger partial charge in [-0.15, -0.1) is 0 Å². The zero-order chi connectivity index (χ0) is 10.8. The highest BCUT2D eigenvalue weighted by Crippen LogP contribution is 2.26. The highest BCUT2D eigenvalue weighted by Gasteiger charge is 2.39. The normalized spacial score (nSPS) is 38.1. The number of morpholine rings is 1. The second-order valence-electron chi connectivity index (χ2n) is 4.23. The molecule has 3 atom stereocenters. The molecular weight excluding hydrogens is 198 g/mol. The number of aliphatic carboxylic acids is 1. The standard InChI is InChI=1S/C10H17NO4/c12-9-3-1-2-7(9)11-4-5-15-6-8(11)10(13)14/h7-9,12H,1-6H2,(H,13,14). The van der Waals surface area contributed by atoms with Gasteiger partial charge in [-0.3, -0.25) is 9.69 Å². The predicted octanol–water partition coefficient (Wildman–Crippen LogP) is -0.315. The van der Waals surface area contributed by atoms with Crippen LogP contribution in [-0.2, 0) is 9.53 Å². The second-order valence-corrected chi connectivity index (χ2v) is 4.23. The van der Waals surface area contributed by atoms with Gasteiger partial charge in [0, 0.05) is 12.6 Å². The first-order valence-electron chi connectivity index (χ1n) is 5.44. The molecule has 0 amide bonds. The van der Waals surface area contributed by atoms with Gasteiger partial charge in [-0.05, 0) is 19.3 Å². The van der Waals surface area contributed by atoms with E-state index >= 15 is 0 Å². The van der Waals surface area contributed by atoms with Crippen LogP contribution in [0.3, 0.4) is 0 Å². The van der Waals surface area contributed by atoms with E-state index in [0.29, 0.717) is 13.2 Å². The van der Waals surface area contributed by atoms with Crippen LogP contribution in [0.2, 0.25) is 0 Å². The SMILES string of the molecule is O=C(O)C1COCCN1C1CCCC1O. The molecule has 1 heterocycles. The smallest absolute Gasteiger partial charge is 0.323 e. The summed E-state index contributed by atoms with van der Waals surface area (Å²) in [5.41, 5.74) is 0. The van der Waals surface area contributed by atoms with E-state index in [1.165, 1.54) is 0 Å². The van der Waals surface area contributed by atoms with Gasteiger partial charge in [-0.1, -0.05) is 0 Å². The van der Waals surface area contributed by atoms with Gasteiger partial charge in [0.15, 0.2) is 0 Å². The molecule has 3 unspecified atom stereocenters. The summed E-state index contributed by atoms with van der Waals surface area (Å²) in [6.07, 6.45) is 2.29. The van der Waals surface area contributed by atoms with Gasteiger partial charge < -0.3 is 14.9 Å². The Morgan fingerprint density at radius 1 is 1.40 bits per heavy atom. The monoisotopic (exact) mass is 215 g/mol. The van der Waals surface area contributed by atoms with Crippen molar-refractivity contribution in [2.45, 2.75) is 37.5 Å². The number of carboxylic acid groups (broad SMARTS) is 1. The molecule has 0 bridgehead atoms. The van der Waals surface area contributed by atoms with E-state index in [9.17, 15) is 9.90 Å². The lowest BCUT2D eigenvalue weighted by atomic mass is 10.1. The third-order valence-corrected chi connectivity index (χ3v) is 3.32. The molecule has 1 saturated carbocycles. The number of aliphatic hydroxyl groups is 1. The minimum atomic E-state index is -0.853. The van der Waals surface area contributed by atoms with Crippen molar-refractivity contribution in [1.82, 2.24) is 4.90 Å². The van der Waals surface area contributed by atoms with E-state index < -0.39 is 12.0 Å². The molecule has 0 aromatic rings. The molecule has 1 saturated heterocycles. The maximum absolute atomic E-state index is 11.0. The van der Waals surface area contributed by atoms with Crippen LogP contribution >= 0.6 is 0 Å². The quantitative estimate of drug-likeness (QED) is 0.661. The second kappa shape index (κ2) is 4.47. The molecule has 2 aliphatic rings. The van der Waals surface area contributed by atoms with Crippen LogP contribution in [0, 0.1) is 0 Å². The average Bonchev–Trinajstić information content (AvgIpc) is 2.64. The third-order valence-electron chi connectivity index (χ3n) is 3.32. The van der Waals surface area contributed by atoms with Gasteiger partial charge in [-0.2, -0.15) is 0 Å². The Hall–Kier alpha value is -0.650. The van der Waals surface area contributed by atoms with Crippen molar-refractivity contribution in [2.75, 3.05) is 19.8 Å². The van der Waals surface area contributed by atoms with Crippen molar-refractivity contribution in [1.29, 1.82) is 0 Å². The van der Waals surface area contributed by atoms with Crippen LogP contribution in [0.1, 0.15) is 19.3 Å². The molecule has 0 aromatic carbocycles. The molecule has 86 valence electrons. The Labute approximate surface area is 88.6 Å². The number of aliphatic hydroxyl groups excluding tert-OH is 1. The minimum Gasteiger partial charge on any atom is -0.480 e. The van der Waals surface area contributed by atoms with Crippen molar-refractivity contribution >= 4 is 5.97 Å². The van der Waals surface area contributed by atoms with Gasteiger partial charge in [-0.25, -0.2) is 0 Å². The zero-order valence-electron chi connectivity index (χ0n) is 8.63. The largest absolute Gasteiger partial charge is 0.480 e. The lowest BCUT2D eigenvalue weighted by Gasteiger charge is -2.38. The number of hydrogen-bond acceptors (Lipinski definition) is 4. The number of hydrogen-bond donors (Lipinski definition) is 2. The number of rotatable bonds is 2. The molecule has 0 spiro atoms. The Morgan fingerprint density at radius 2 is 2.20 bits per heavy atom. The third kappa shape index (κ3) is 2.14. The summed E-state index contributed by atoms with van der Waals surface area (Å²) in [7, 11) is 0. The summed E-state index contributed by atoms with van der Waals surface area (Å²) >= 11 is 0. The van der Waals surface area contributed by atoms with Crippen molar-refractivity contribution < 1.29 is 19.7 Å². The Balaban J connectivity index is 2.06. The average molecular weight is 215 g/mol. The molecule has 0 radical (unpaired) electrons. The van der Waals surface area contributed by atoms with Gasteiger partial charge in [0.25, 0.3) is 0 Å². The maximum Gasteiger partial charge on any atom is 0.323 e. The van der Waals surface area contributed by atoms with Crippen molar-refractivity contribution in [3.05, 3.63) is 0 Å². The first kappa shape index (κ1) is 10.9. The van der Waals surface area contributed by atoms with E-state index in [1.807, 2.05) is 4.90 Å². The molecule has 2 rings (SSSR count). The molecule has 5 heteroatoms. The van der Waals surface area contributed by atoms with Crippen LogP contribution in [0.4, 0.5) is 0 Å². The van der Waals surface area contributed by atoms with Crippen LogP contribution in [0.5, 0.6) is 0 Å². The predicted molar refractivity (Wildman–Crippen MR) is 52.6 cm³/mol. The van der Waals surface area contributed by atoms with Crippen LogP contribution < -0.4 is 0 Å². The summed E-state index contributed by atoms with van der Waals surface area (Å²) in [5.74, 6) is -0.853. The minimum absolute atomic E-state index is 0.00926. The highest BCUT2D eigenvalue weighted by atomic mass is 16.5. The van der Waals surface area contributed by atoms with Crippen LogP contribution in [-0.4, -0.2) is 59.0 Å². The molecule has 2 fully saturated rings. The van der Waals surface area contributed by atoms with Crippen molar-refractivity contribution in [3.63, 3.8) is 0 Å². The molecule has 1 aliphatic heterocycles. The van der Waals surface area contributed by atoms with Gasteiger partial charge in [0.2, 0.25) is 0 Å². The Morgan fingerprint density at radius 3 is 2.80 bits per heavy atom. The Bertz CT molecular complexity index is 246. The summed E-state index contributed by atoms with van der Waals surface area (Å²) in [5, 5.41) is 18.8.